The number of ether oxygens (including phenoxy) is 1. The van der Waals surface area contributed by atoms with E-state index in [-0.39, 0.29) is 18.7 Å². The van der Waals surface area contributed by atoms with E-state index in [0.29, 0.717) is 12.3 Å². The number of nitrogens with one attached hydrogen (secondary N) is 1. The van der Waals surface area contributed by atoms with E-state index in [0.717, 1.165) is 4.47 Å². The summed E-state index contributed by atoms with van der Waals surface area (Å²) >= 11 is 3.39. The summed E-state index contributed by atoms with van der Waals surface area (Å²) in [4.78, 5) is 24.0. The number of nitrogens with zero attached hydrogens (tertiary/aromatic N) is 1. The topological polar surface area (TPSA) is 78.9 Å². The predicted molar refractivity (Wildman–Crippen MR) is 87.1 cm³/mol. The minimum atomic E-state index is -0.926. The zero-order valence-electron chi connectivity index (χ0n) is 12.9. The van der Waals surface area contributed by atoms with Crippen LogP contribution >= 0.6 is 15.9 Å². The lowest BCUT2D eigenvalue weighted by molar-refractivity contribution is -0.141. The van der Waals surface area contributed by atoms with E-state index in [1.807, 2.05) is 31.2 Å². The first-order valence-electron chi connectivity index (χ1n) is 6.94. The van der Waals surface area contributed by atoms with Crippen LogP contribution in [0.3, 0.4) is 0 Å². The van der Waals surface area contributed by atoms with Gasteiger partial charge >= 0.3 is 12.0 Å². The number of urea groups is 1. The molecule has 0 fully saturated rings. The average molecular weight is 373 g/mol. The molecule has 1 aromatic rings. The lowest BCUT2D eigenvalue weighted by atomic mass is 10.2. The second kappa shape index (κ2) is 8.63. The van der Waals surface area contributed by atoms with Gasteiger partial charge in [-0.2, -0.15) is 0 Å². The van der Waals surface area contributed by atoms with Gasteiger partial charge in [0.2, 0.25) is 0 Å². The molecule has 0 heterocycles. The van der Waals surface area contributed by atoms with Crippen molar-refractivity contribution in [1.29, 1.82) is 0 Å². The van der Waals surface area contributed by atoms with Crippen molar-refractivity contribution in [2.24, 2.45) is 5.92 Å². The number of aliphatic carboxylic acids is 1. The van der Waals surface area contributed by atoms with Gasteiger partial charge in [0.15, 0.2) is 0 Å². The van der Waals surface area contributed by atoms with Gasteiger partial charge in [0.1, 0.15) is 11.9 Å². The van der Waals surface area contributed by atoms with Gasteiger partial charge in [-0.1, -0.05) is 19.1 Å². The number of amides is 2. The molecule has 0 aliphatic carbocycles. The molecule has 0 aromatic heterocycles. The minimum absolute atomic E-state index is 0.153. The Hall–Kier alpha value is -1.76. The van der Waals surface area contributed by atoms with Gasteiger partial charge in [-0.05, 0) is 35.0 Å². The number of para-hydroxylation sites is 1. The van der Waals surface area contributed by atoms with Crippen molar-refractivity contribution >= 4 is 27.9 Å². The third-order valence-electron chi connectivity index (χ3n) is 3.02. The molecule has 7 heteroatoms. The van der Waals surface area contributed by atoms with Crippen LogP contribution in [-0.2, 0) is 4.79 Å². The smallest absolute Gasteiger partial charge is 0.317 e. The van der Waals surface area contributed by atoms with Crippen molar-refractivity contribution in [2.75, 3.05) is 20.1 Å². The standard InChI is InChI=1S/C15H21BrN2O4/c1-10(14(19)20)9-18(3)15(21)17-8-11(2)22-13-7-5-4-6-12(13)16/h4-7,10-11H,8-9H2,1-3H3,(H,17,21)(H,19,20). The second-order valence-corrected chi connectivity index (χ2v) is 6.02. The first kappa shape index (κ1) is 18.3. The monoisotopic (exact) mass is 372 g/mol. The number of hydrogen-bond donors (Lipinski definition) is 2. The van der Waals surface area contributed by atoms with Crippen molar-refractivity contribution in [3.8, 4) is 5.75 Å². The first-order chi connectivity index (χ1) is 10.3. The summed E-state index contributed by atoms with van der Waals surface area (Å²) in [6, 6.07) is 7.15. The Bertz CT molecular complexity index is 524. The van der Waals surface area contributed by atoms with E-state index in [1.165, 1.54) is 4.90 Å². The fraction of sp³-hybridized carbons (Fsp3) is 0.467. The summed E-state index contributed by atoms with van der Waals surface area (Å²) in [5.41, 5.74) is 0. The molecule has 2 amide bonds. The lowest BCUT2D eigenvalue weighted by Gasteiger charge is -2.22. The van der Waals surface area contributed by atoms with Crippen LogP contribution < -0.4 is 10.1 Å². The van der Waals surface area contributed by atoms with Gasteiger partial charge in [-0.25, -0.2) is 4.79 Å². The zero-order chi connectivity index (χ0) is 16.7. The molecule has 1 rings (SSSR count). The summed E-state index contributed by atoms with van der Waals surface area (Å²) in [6.45, 7) is 3.89. The third kappa shape index (κ3) is 5.93. The van der Waals surface area contributed by atoms with Gasteiger partial charge in [0.05, 0.1) is 16.9 Å². The average Bonchev–Trinajstić information content (AvgIpc) is 2.46. The van der Waals surface area contributed by atoms with E-state index in [2.05, 4.69) is 21.2 Å². The largest absolute Gasteiger partial charge is 0.488 e. The Morgan fingerprint density at radius 1 is 1.36 bits per heavy atom. The van der Waals surface area contributed by atoms with Crippen LogP contribution in [0.15, 0.2) is 28.7 Å². The van der Waals surface area contributed by atoms with Crippen molar-refractivity contribution in [1.82, 2.24) is 10.2 Å². The Morgan fingerprint density at radius 3 is 2.59 bits per heavy atom. The minimum Gasteiger partial charge on any atom is -0.488 e. The molecule has 0 saturated carbocycles. The number of carboxylic acid groups (broad SMARTS) is 1. The van der Waals surface area contributed by atoms with Crippen LogP contribution in [0.2, 0.25) is 0 Å². The fourth-order valence-corrected chi connectivity index (χ4v) is 2.11. The maximum absolute atomic E-state index is 11.9. The van der Waals surface area contributed by atoms with E-state index in [1.54, 1.807) is 14.0 Å². The quantitative estimate of drug-likeness (QED) is 0.770. The number of hydrogen-bond acceptors (Lipinski definition) is 3. The lowest BCUT2D eigenvalue weighted by Crippen LogP contribution is -2.43. The van der Waals surface area contributed by atoms with Gasteiger partial charge in [-0.15, -0.1) is 0 Å². The van der Waals surface area contributed by atoms with Crippen LogP contribution in [-0.4, -0.2) is 48.2 Å². The van der Waals surface area contributed by atoms with E-state index in [4.69, 9.17) is 9.84 Å². The molecule has 0 bridgehead atoms. The molecule has 22 heavy (non-hydrogen) atoms. The summed E-state index contributed by atoms with van der Waals surface area (Å²) in [5.74, 6) is -0.827. The normalized spacial score (nSPS) is 13.1. The molecule has 2 unspecified atom stereocenters. The van der Waals surface area contributed by atoms with Gasteiger partial charge < -0.3 is 20.1 Å². The number of rotatable bonds is 7. The maximum atomic E-state index is 11.9. The molecule has 0 aliphatic rings. The first-order valence-corrected chi connectivity index (χ1v) is 7.73. The van der Waals surface area contributed by atoms with Crippen LogP contribution in [0.1, 0.15) is 13.8 Å². The van der Waals surface area contributed by atoms with Gasteiger partial charge in [-0.3, -0.25) is 4.79 Å². The number of carboxylic acids is 1. The van der Waals surface area contributed by atoms with E-state index < -0.39 is 11.9 Å². The molecule has 2 N–H and O–H groups in total. The molecular formula is C15H21BrN2O4. The summed E-state index contributed by atoms with van der Waals surface area (Å²) in [5, 5.41) is 11.6. The highest BCUT2D eigenvalue weighted by molar-refractivity contribution is 9.10. The Kier molecular flexibility index (Phi) is 7.17. The van der Waals surface area contributed by atoms with Crippen molar-refractivity contribution < 1.29 is 19.4 Å². The Balaban J connectivity index is 2.40. The van der Waals surface area contributed by atoms with Crippen molar-refractivity contribution in [3.05, 3.63) is 28.7 Å². The molecule has 122 valence electrons. The summed E-state index contributed by atoms with van der Waals surface area (Å²) in [7, 11) is 1.56. The van der Waals surface area contributed by atoms with E-state index in [9.17, 15) is 9.59 Å². The van der Waals surface area contributed by atoms with Gasteiger partial charge in [0, 0.05) is 13.6 Å². The molecule has 1 aromatic carbocycles. The van der Waals surface area contributed by atoms with Gasteiger partial charge in [0.25, 0.3) is 0 Å². The molecule has 6 nitrogen and oxygen atoms in total. The number of halogens is 1. The highest BCUT2D eigenvalue weighted by Gasteiger charge is 2.17. The molecule has 0 spiro atoms. The highest BCUT2D eigenvalue weighted by atomic mass is 79.9. The van der Waals surface area contributed by atoms with Crippen LogP contribution in [0.25, 0.3) is 0 Å². The number of carbonyl (C=O) groups is 2. The van der Waals surface area contributed by atoms with Crippen molar-refractivity contribution in [2.45, 2.75) is 20.0 Å². The Morgan fingerprint density at radius 2 is 2.00 bits per heavy atom. The molecule has 2 atom stereocenters. The number of benzene rings is 1. The molecule has 0 saturated heterocycles. The third-order valence-corrected chi connectivity index (χ3v) is 3.68. The molecule has 0 aliphatic heterocycles. The fourth-order valence-electron chi connectivity index (χ4n) is 1.74. The van der Waals surface area contributed by atoms with Crippen LogP contribution in [0.4, 0.5) is 4.79 Å². The maximum Gasteiger partial charge on any atom is 0.317 e. The summed E-state index contributed by atoms with van der Waals surface area (Å²) < 4.78 is 6.57. The molecule has 0 radical (unpaired) electrons. The van der Waals surface area contributed by atoms with Crippen molar-refractivity contribution in [3.63, 3.8) is 0 Å². The van der Waals surface area contributed by atoms with E-state index >= 15 is 0 Å². The summed E-state index contributed by atoms with van der Waals surface area (Å²) in [6.07, 6.45) is -0.215. The predicted octanol–water partition coefficient (Wildman–Crippen LogP) is 2.58. The van der Waals surface area contributed by atoms with Crippen LogP contribution in [0, 0.1) is 5.92 Å². The van der Waals surface area contributed by atoms with Crippen LogP contribution in [0.5, 0.6) is 5.75 Å². The Labute approximate surface area is 138 Å². The molecular weight excluding hydrogens is 352 g/mol. The second-order valence-electron chi connectivity index (χ2n) is 5.16. The highest BCUT2D eigenvalue weighted by Crippen LogP contribution is 2.24. The zero-order valence-corrected chi connectivity index (χ0v) is 14.5. The number of carbonyl (C=O) groups excluding carboxylic acids is 1. The SMILES string of the molecule is CC(CNC(=O)N(C)CC(C)C(=O)O)Oc1ccccc1Br.